The fourth-order valence-electron chi connectivity index (χ4n) is 3.15. The van der Waals surface area contributed by atoms with Crippen LogP contribution in [0.2, 0.25) is 0 Å². The molecule has 2 atom stereocenters. The first kappa shape index (κ1) is 27.8. The van der Waals surface area contributed by atoms with Crippen LogP contribution < -0.4 is 9.47 Å². The molecular weight excluding hydrogens is 441 g/mol. The van der Waals surface area contributed by atoms with E-state index in [0.717, 1.165) is 33.0 Å². The summed E-state index contributed by atoms with van der Waals surface area (Å²) in [5, 5.41) is 23.7. The summed E-state index contributed by atoms with van der Waals surface area (Å²) in [5.74, 6) is 1.55. The van der Waals surface area contributed by atoms with Crippen LogP contribution in [0.3, 0.4) is 0 Å². The Morgan fingerprint density at radius 2 is 1.21 bits per heavy atom. The van der Waals surface area contributed by atoms with E-state index in [4.69, 9.17) is 9.47 Å². The van der Waals surface area contributed by atoms with Gasteiger partial charge in [-0.05, 0) is 6.42 Å². The van der Waals surface area contributed by atoms with Crippen molar-refractivity contribution in [2.24, 2.45) is 0 Å². The van der Waals surface area contributed by atoms with Crippen LogP contribution in [0.15, 0.2) is 48.5 Å². The molecule has 5 heteroatoms. The molecule has 4 nitrogen and oxygen atoms in total. The van der Waals surface area contributed by atoms with E-state index >= 15 is 0 Å². The van der Waals surface area contributed by atoms with Crippen molar-refractivity contribution in [2.45, 2.75) is 45.8 Å². The number of aliphatic hydroxyl groups excluding tert-OH is 2. The van der Waals surface area contributed by atoms with E-state index in [9.17, 15) is 10.2 Å². The molecule has 3 aromatic carbocycles. The van der Waals surface area contributed by atoms with Gasteiger partial charge in [0, 0.05) is 60.7 Å². The minimum atomic E-state index is -0.713. The summed E-state index contributed by atoms with van der Waals surface area (Å²) < 4.78 is 11.7. The largest absolute Gasteiger partial charge is 0.495 e. The van der Waals surface area contributed by atoms with E-state index in [1.54, 1.807) is 7.11 Å². The second kappa shape index (κ2) is 13.9. The second-order valence-electron chi connectivity index (χ2n) is 6.22. The summed E-state index contributed by atoms with van der Waals surface area (Å²) in [4.78, 5) is 0. The van der Waals surface area contributed by atoms with Crippen LogP contribution >= 0.6 is 0 Å². The van der Waals surface area contributed by atoms with Gasteiger partial charge in [0.15, 0.2) is 0 Å². The van der Waals surface area contributed by atoms with E-state index in [2.05, 4.69) is 0 Å². The third-order valence-electron chi connectivity index (χ3n) is 4.47. The van der Waals surface area contributed by atoms with Crippen molar-refractivity contribution in [1.82, 2.24) is 0 Å². The monoisotopic (exact) mass is 474 g/mol. The Hall–Kier alpha value is -1.20. The molecule has 29 heavy (non-hydrogen) atoms. The average Bonchev–Trinajstić information content (AvgIpc) is 2.72. The standard InChI is InChI=1S/C21H24O4.C2H6.CH3.Y/c1-3-14(22)12-15(23)13-25-21-18-10-6-4-8-16(18)20(24-2)17-9-5-7-11-19(17)21;1-2;;/h4-11,14-15,22-23H,3,12-13H2,1-2H3;1-2H3;1H3;/q;;-1;. The minimum absolute atomic E-state index is 0. The second-order valence-corrected chi connectivity index (χ2v) is 6.22. The SMILES string of the molecule is CC.CCC(O)CC(O)COc1c2ccccc2c(OC)c2ccccc12.[CH3-].[Y]. The molecule has 2 unspecified atom stereocenters. The smallest absolute Gasteiger partial charge is 0.135 e. The fraction of sp³-hybridized carbons (Fsp3) is 0.375. The van der Waals surface area contributed by atoms with Crippen molar-refractivity contribution >= 4 is 21.5 Å². The molecule has 0 fully saturated rings. The molecule has 0 heterocycles. The van der Waals surface area contributed by atoms with E-state index < -0.39 is 12.2 Å². The maximum Gasteiger partial charge on any atom is 0.135 e. The Labute approximate surface area is 200 Å². The van der Waals surface area contributed by atoms with E-state index in [-0.39, 0.29) is 46.7 Å². The number of ether oxygens (including phenoxy) is 2. The van der Waals surface area contributed by atoms with Crippen LogP contribution in [0.4, 0.5) is 0 Å². The molecule has 0 amide bonds. The van der Waals surface area contributed by atoms with Gasteiger partial charge in [0.1, 0.15) is 18.1 Å². The Balaban J connectivity index is 0.00000190. The van der Waals surface area contributed by atoms with Gasteiger partial charge in [0.05, 0.1) is 19.3 Å². The predicted molar refractivity (Wildman–Crippen MR) is 118 cm³/mol. The quantitative estimate of drug-likeness (QED) is 0.357. The van der Waals surface area contributed by atoms with Gasteiger partial charge in [-0.1, -0.05) is 69.3 Å². The van der Waals surface area contributed by atoms with E-state index in [1.807, 2.05) is 69.3 Å². The molecule has 1 radical (unpaired) electrons. The van der Waals surface area contributed by atoms with Crippen molar-refractivity contribution in [3.05, 3.63) is 56.0 Å². The first-order valence-corrected chi connectivity index (χ1v) is 9.62. The van der Waals surface area contributed by atoms with Crippen molar-refractivity contribution in [1.29, 1.82) is 0 Å². The van der Waals surface area contributed by atoms with Crippen molar-refractivity contribution in [2.75, 3.05) is 13.7 Å². The Morgan fingerprint density at radius 3 is 1.59 bits per heavy atom. The third-order valence-corrected chi connectivity index (χ3v) is 4.47. The fourth-order valence-corrected chi connectivity index (χ4v) is 3.15. The van der Waals surface area contributed by atoms with Gasteiger partial charge in [-0.3, -0.25) is 0 Å². The van der Waals surface area contributed by atoms with Gasteiger partial charge >= 0.3 is 0 Å². The van der Waals surface area contributed by atoms with Crippen LogP contribution in [0.5, 0.6) is 11.5 Å². The molecule has 0 saturated heterocycles. The molecule has 0 bridgehead atoms. The van der Waals surface area contributed by atoms with Crippen LogP contribution in [-0.2, 0) is 32.7 Å². The van der Waals surface area contributed by atoms with E-state index in [1.165, 1.54) is 0 Å². The summed E-state index contributed by atoms with van der Waals surface area (Å²) in [6, 6.07) is 15.8. The zero-order chi connectivity index (χ0) is 19.8. The Morgan fingerprint density at radius 1 is 0.793 bits per heavy atom. The van der Waals surface area contributed by atoms with E-state index in [0.29, 0.717) is 12.8 Å². The van der Waals surface area contributed by atoms with Gasteiger partial charge in [-0.15, -0.1) is 0 Å². The zero-order valence-electron chi connectivity index (χ0n) is 18.2. The molecule has 0 aliphatic heterocycles. The molecule has 3 aromatic rings. The summed E-state index contributed by atoms with van der Waals surface area (Å²) in [7, 11) is 1.67. The summed E-state index contributed by atoms with van der Waals surface area (Å²) in [6.07, 6.45) is -0.300. The number of hydrogen-bond acceptors (Lipinski definition) is 4. The third kappa shape index (κ3) is 6.65. The Bertz CT molecular complexity index is 809. The van der Waals surface area contributed by atoms with Gasteiger partial charge in [0.25, 0.3) is 0 Å². The van der Waals surface area contributed by atoms with Crippen molar-refractivity contribution in [3.63, 3.8) is 0 Å². The number of hydrogen-bond donors (Lipinski definition) is 2. The topological polar surface area (TPSA) is 58.9 Å². The van der Waals surface area contributed by atoms with Crippen molar-refractivity contribution in [3.8, 4) is 11.5 Å². The minimum Gasteiger partial charge on any atom is -0.495 e. The summed E-state index contributed by atoms with van der Waals surface area (Å²) >= 11 is 0. The van der Waals surface area contributed by atoms with Crippen LogP contribution in [0, 0.1) is 7.43 Å². The van der Waals surface area contributed by atoms with Crippen molar-refractivity contribution < 1.29 is 52.4 Å². The molecule has 0 aliphatic carbocycles. The molecule has 0 saturated carbocycles. The molecule has 0 spiro atoms. The zero-order valence-corrected chi connectivity index (χ0v) is 21.0. The summed E-state index contributed by atoms with van der Waals surface area (Å²) in [5.41, 5.74) is 0. The van der Waals surface area contributed by atoms with Gasteiger partial charge in [-0.2, -0.15) is 0 Å². The first-order chi connectivity index (χ1) is 13.2. The number of methoxy groups -OCH3 is 1. The van der Waals surface area contributed by atoms with Crippen LogP contribution in [0.1, 0.15) is 33.6 Å². The van der Waals surface area contributed by atoms with Crippen LogP contribution in [-0.4, -0.2) is 36.1 Å². The number of fused-ring (bicyclic) bond motifs is 2. The maximum atomic E-state index is 10.1. The summed E-state index contributed by atoms with van der Waals surface area (Å²) in [6.45, 7) is 6.03. The Kier molecular flexibility index (Phi) is 13.3. The molecule has 0 aliphatic rings. The predicted octanol–water partition coefficient (Wildman–Crippen LogP) is 5.38. The number of rotatable bonds is 7. The molecule has 157 valence electrons. The number of aliphatic hydroxyl groups is 2. The van der Waals surface area contributed by atoms with Gasteiger partial charge in [-0.25, -0.2) is 0 Å². The first-order valence-electron chi connectivity index (χ1n) is 9.62. The number of benzene rings is 3. The normalized spacial score (nSPS) is 12.1. The van der Waals surface area contributed by atoms with Gasteiger partial charge < -0.3 is 27.1 Å². The van der Waals surface area contributed by atoms with Crippen LogP contribution in [0.25, 0.3) is 21.5 Å². The molecule has 0 aromatic heterocycles. The maximum absolute atomic E-state index is 10.1. The molecule has 3 rings (SSSR count). The average molecular weight is 474 g/mol. The van der Waals surface area contributed by atoms with Gasteiger partial charge in [0.2, 0.25) is 0 Å². The molecular formula is C24H33O4Y-. The molecule has 2 N–H and O–H groups in total.